The van der Waals surface area contributed by atoms with E-state index in [-0.39, 0.29) is 0 Å². The molecular formula is C17H20N4O2. The van der Waals surface area contributed by atoms with Crippen LogP contribution >= 0.6 is 0 Å². The lowest BCUT2D eigenvalue weighted by Crippen LogP contribution is -2.07. The third-order valence-corrected chi connectivity index (χ3v) is 3.56. The Balaban J connectivity index is 1.89. The maximum Gasteiger partial charge on any atom is 0.157 e. The first-order valence-corrected chi connectivity index (χ1v) is 7.39. The fourth-order valence-electron chi connectivity index (χ4n) is 2.50. The second-order valence-corrected chi connectivity index (χ2v) is 5.41. The maximum atomic E-state index is 5.31. The number of hydrogen-bond acceptors (Lipinski definition) is 5. The molecule has 1 N–H and O–H groups in total. The van der Waals surface area contributed by atoms with Crippen molar-refractivity contribution in [3.05, 3.63) is 47.3 Å². The minimum Gasteiger partial charge on any atom is -0.497 e. The van der Waals surface area contributed by atoms with Crippen LogP contribution in [0.1, 0.15) is 17.0 Å². The molecule has 120 valence electrons. The molecule has 0 amide bonds. The van der Waals surface area contributed by atoms with Gasteiger partial charge < -0.3 is 14.8 Å². The van der Waals surface area contributed by atoms with Crippen molar-refractivity contribution in [2.75, 3.05) is 19.5 Å². The summed E-state index contributed by atoms with van der Waals surface area (Å²) in [6.07, 6.45) is 0. The molecule has 0 saturated heterocycles. The van der Waals surface area contributed by atoms with Gasteiger partial charge in [0.25, 0.3) is 0 Å². The van der Waals surface area contributed by atoms with Crippen LogP contribution in [0.25, 0.3) is 5.65 Å². The zero-order chi connectivity index (χ0) is 16.4. The van der Waals surface area contributed by atoms with Gasteiger partial charge in [0.1, 0.15) is 17.3 Å². The molecule has 0 atom stereocenters. The van der Waals surface area contributed by atoms with Gasteiger partial charge in [0.2, 0.25) is 0 Å². The first-order chi connectivity index (χ1) is 11.1. The standard InChI is InChI=1S/C17H20N4O2/c1-11-5-16(21-17(19-11)6-12(2)20-21)18-10-13-7-14(22-3)9-15(8-13)23-4/h5-9,18H,10H2,1-4H3. The van der Waals surface area contributed by atoms with Gasteiger partial charge in [0, 0.05) is 30.4 Å². The Bertz CT molecular complexity index is 820. The van der Waals surface area contributed by atoms with E-state index >= 15 is 0 Å². The van der Waals surface area contributed by atoms with Gasteiger partial charge in [-0.05, 0) is 31.5 Å². The number of fused-ring (bicyclic) bond motifs is 1. The number of rotatable bonds is 5. The molecule has 0 radical (unpaired) electrons. The van der Waals surface area contributed by atoms with E-state index in [1.165, 1.54) is 0 Å². The Hall–Kier alpha value is -2.76. The molecule has 1 aromatic carbocycles. The predicted molar refractivity (Wildman–Crippen MR) is 89.3 cm³/mol. The zero-order valence-corrected chi connectivity index (χ0v) is 13.8. The molecule has 23 heavy (non-hydrogen) atoms. The third kappa shape index (κ3) is 3.21. The summed E-state index contributed by atoms with van der Waals surface area (Å²) >= 11 is 0. The van der Waals surface area contributed by atoms with Gasteiger partial charge in [0.15, 0.2) is 5.65 Å². The Morgan fingerprint density at radius 2 is 1.65 bits per heavy atom. The Labute approximate surface area is 135 Å². The van der Waals surface area contributed by atoms with Crippen LogP contribution in [0.3, 0.4) is 0 Å². The molecule has 0 aliphatic rings. The van der Waals surface area contributed by atoms with Crippen molar-refractivity contribution < 1.29 is 9.47 Å². The van der Waals surface area contributed by atoms with E-state index in [1.54, 1.807) is 14.2 Å². The largest absolute Gasteiger partial charge is 0.497 e. The van der Waals surface area contributed by atoms with Gasteiger partial charge in [-0.1, -0.05) is 0 Å². The number of aromatic nitrogens is 3. The summed E-state index contributed by atoms with van der Waals surface area (Å²) in [5.74, 6) is 2.45. The predicted octanol–water partition coefficient (Wildman–Crippen LogP) is 2.98. The highest BCUT2D eigenvalue weighted by molar-refractivity contribution is 5.51. The minimum absolute atomic E-state index is 0.630. The Morgan fingerprint density at radius 3 is 2.30 bits per heavy atom. The molecule has 0 unspecified atom stereocenters. The number of benzene rings is 1. The van der Waals surface area contributed by atoms with Gasteiger partial charge >= 0.3 is 0 Å². The van der Waals surface area contributed by atoms with Gasteiger partial charge in [-0.25, -0.2) is 4.98 Å². The van der Waals surface area contributed by atoms with Crippen molar-refractivity contribution in [1.82, 2.24) is 14.6 Å². The zero-order valence-electron chi connectivity index (χ0n) is 13.8. The second kappa shape index (κ2) is 6.16. The number of aryl methyl sites for hydroxylation is 2. The average molecular weight is 312 g/mol. The van der Waals surface area contributed by atoms with Crippen molar-refractivity contribution in [2.24, 2.45) is 0 Å². The molecule has 0 fully saturated rings. The number of ether oxygens (including phenoxy) is 2. The number of anilines is 1. The second-order valence-electron chi connectivity index (χ2n) is 5.41. The first kappa shape index (κ1) is 15.1. The fourth-order valence-corrected chi connectivity index (χ4v) is 2.50. The van der Waals surface area contributed by atoms with Crippen LogP contribution in [0.5, 0.6) is 11.5 Å². The maximum absolute atomic E-state index is 5.31. The highest BCUT2D eigenvalue weighted by Gasteiger charge is 2.07. The number of methoxy groups -OCH3 is 2. The summed E-state index contributed by atoms with van der Waals surface area (Å²) in [5.41, 5.74) is 3.79. The molecular weight excluding hydrogens is 292 g/mol. The molecule has 0 aliphatic carbocycles. The minimum atomic E-state index is 0.630. The summed E-state index contributed by atoms with van der Waals surface area (Å²) < 4.78 is 12.4. The molecule has 2 aromatic heterocycles. The Kier molecular flexibility index (Phi) is 4.06. The highest BCUT2D eigenvalue weighted by Crippen LogP contribution is 2.23. The third-order valence-electron chi connectivity index (χ3n) is 3.56. The number of nitrogens with zero attached hydrogens (tertiary/aromatic N) is 3. The lowest BCUT2D eigenvalue weighted by atomic mass is 10.2. The summed E-state index contributed by atoms with van der Waals surface area (Å²) in [5, 5.41) is 7.89. The van der Waals surface area contributed by atoms with Crippen molar-refractivity contribution in [2.45, 2.75) is 20.4 Å². The molecule has 0 saturated carbocycles. The van der Waals surface area contributed by atoms with E-state index in [0.717, 1.165) is 39.9 Å². The van der Waals surface area contributed by atoms with Crippen molar-refractivity contribution in [3.8, 4) is 11.5 Å². The summed E-state index contributed by atoms with van der Waals surface area (Å²) in [4.78, 5) is 4.49. The van der Waals surface area contributed by atoms with E-state index in [2.05, 4.69) is 15.4 Å². The molecule has 0 bridgehead atoms. The summed E-state index contributed by atoms with van der Waals surface area (Å²) in [7, 11) is 3.29. The van der Waals surface area contributed by atoms with Crippen molar-refractivity contribution in [1.29, 1.82) is 0 Å². The van der Waals surface area contributed by atoms with Crippen LogP contribution in [-0.4, -0.2) is 28.8 Å². The SMILES string of the molecule is COc1cc(CNc2cc(C)nc3cc(C)nn23)cc(OC)c1. The number of hydrogen-bond donors (Lipinski definition) is 1. The summed E-state index contributed by atoms with van der Waals surface area (Å²) in [6, 6.07) is 9.77. The first-order valence-electron chi connectivity index (χ1n) is 7.39. The van der Waals surface area contributed by atoms with Crippen molar-refractivity contribution >= 4 is 11.5 Å². The summed E-state index contributed by atoms with van der Waals surface area (Å²) in [6.45, 7) is 4.56. The quantitative estimate of drug-likeness (QED) is 0.785. The van der Waals surface area contributed by atoms with E-state index < -0.39 is 0 Å². The van der Waals surface area contributed by atoms with Crippen LogP contribution in [0, 0.1) is 13.8 Å². The molecule has 2 heterocycles. The molecule has 0 spiro atoms. The molecule has 3 rings (SSSR count). The van der Waals surface area contributed by atoms with Crippen LogP contribution < -0.4 is 14.8 Å². The van der Waals surface area contributed by atoms with E-state index in [4.69, 9.17) is 9.47 Å². The fraction of sp³-hybridized carbons (Fsp3) is 0.294. The van der Waals surface area contributed by atoms with Crippen LogP contribution in [-0.2, 0) is 6.54 Å². The normalized spacial score (nSPS) is 10.8. The van der Waals surface area contributed by atoms with E-state index in [9.17, 15) is 0 Å². The van der Waals surface area contributed by atoms with Crippen LogP contribution in [0.2, 0.25) is 0 Å². The smallest absolute Gasteiger partial charge is 0.157 e. The van der Waals surface area contributed by atoms with E-state index in [0.29, 0.717) is 6.54 Å². The average Bonchev–Trinajstić information content (AvgIpc) is 2.92. The monoisotopic (exact) mass is 312 g/mol. The van der Waals surface area contributed by atoms with Gasteiger partial charge in [0.05, 0.1) is 19.9 Å². The van der Waals surface area contributed by atoms with Crippen molar-refractivity contribution in [3.63, 3.8) is 0 Å². The van der Waals surface area contributed by atoms with E-state index in [1.807, 2.05) is 48.7 Å². The molecule has 0 aliphatic heterocycles. The van der Waals surface area contributed by atoms with Gasteiger partial charge in [-0.3, -0.25) is 0 Å². The topological polar surface area (TPSA) is 60.7 Å². The van der Waals surface area contributed by atoms with Crippen LogP contribution in [0.15, 0.2) is 30.3 Å². The van der Waals surface area contributed by atoms with Gasteiger partial charge in [-0.15, -0.1) is 0 Å². The molecule has 6 nitrogen and oxygen atoms in total. The molecule has 6 heteroatoms. The lowest BCUT2D eigenvalue weighted by molar-refractivity contribution is 0.393. The number of nitrogens with one attached hydrogen (secondary N) is 1. The Morgan fingerprint density at radius 1 is 0.957 bits per heavy atom. The highest BCUT2D eigenvalue weighted by atomic mass is 16.5. The molecule has 3 aromatic rings. The lowest BCUT2D eigenvalue weighted by Gasteiger charge is -2.11. The van der Waals surface area contributed by atoms with Gasteiger partial charge in [-0.2, -0.15) is 9.61 Å². The van der Waals surface area contributed by atoms with Crippen LogP contribution in [0.4, 0.5) is 5.82 Å².